The lowest BCUT2D eigenvalue weighted by Crippen LogP contribution is -2.11. The average Bonchev–Trinajstić information content (AvgIpc) is 3.23. The minimum atomic E-state index is -0.762. The van der Waals surface area contributed by atoms with Gasteiger partial charge in [-0.2, -0.15) is 4.98 Å². The molecule has 0 amide bonds. The van der Waals surface area contributed by atoms with E-state index in [2.05, 4.69) is 20.4 Å². The Kier molecular flexibility index (Phi) is 7.46. The maximum absolute atomic E-state index is 10.8. The van der Waals surface area contributed by atoms with Gasteiger partial charge in [0.2, 0.25) is 11.7 Å². The van der Waals surface area contributed by atoms with Crippen LogP contribution in [0, 0.1) is 5.92 Å². The number of carboxylic acids is 1. The first-order valence-corrected chi connectivity index (χ1v) is 10.4. The number of carbonyl (C=O) groups is 1. The SMILES string of the molecule is CC(C)Oc1ncc(-c2nc(-c3ccc(NCCCC(C)C(=O)O)cc3)no2)cc1Cl. The van der Waals surface area contributed by atoms with Gasteiger partial charge < -0.3 is 19.7 Å². The number of rotatable bonds is 10. The van der Waals surface area contributed by atoms with E-state index < -0.39 is 5.97 Å². The fraction of sp³-hybridized carbons (Fsp3) is 0.364. The molecule has 0 bridgehead atoms. The van der Waals surface area contributed by atoms with Gasteiger partial charge in [-0.05, 0) is 57.0 Å². The largest absolute Gasteiger partial charge is 0.481 e. The Morgan fingerprint density at radius 3 is 2.61 bits per heavy atom. The Labute approximate surface area is 185 Å². The van der Waals surface area contributed by atoms with Gasteiger partial charge >= 0.3 is 5.97 Å². The molecule has 3 aromatic rings. The van der Waals surface area contributed by atoms with Gasteiger partial charge in [-0.3, -0.25) is 4.79 Å². The molecule has 0 saturated carbocycles. The van der Waals surface area contributed by atoms with Crippen molar-refractivity contribution in [3.05, 3.63) is 41.6 Å². The molecular weight excluding hydrogens is 420 g/mol. The Balaban J connectivity index is 1.61. The molecule has 9 heteroatoms. The summed E-state index contributed by atoms with van der Waals surface area (Å²) in [5, 5.41) is 16.6. The molecule has 0 radical (unpaired) electrons. The molecule has 0 aliphatic carbocycles. The Hall–Kier alpha value is -3.13. The maximum atomic E-state index is 10.8. The molecule has 0 aliphatic rings. The van der Waals surface area contributed by atoms with Gasteiger partial charge in [0.25, 0.3) is 5.89 Å². The highest BCUT2D eigenvalue weighted by atomic mass is 35.5. The van der Waals surface area contributed by atoms with Gasteiger partial charge in [-0.15, -0.1) is 0 Å². The van der Waals surface area contributed by atoms with Crippen molar-refractivity contribution in [2.45, 2.75) is 39.7 Å². The first-order chi connectivity index (χ1) is 14.8. The van der Waals surface area contributed by atoms with E-state index in [1.54, 1.807) is 19.2 Å². The van der Waals surface area contributed by atoms with Crippen LogP contribution in [0.4, 0.5) is 5.69 Å². The second kappa shape index (κ2) is 10.3. The van der Waals surface area contributed by atoms with Crippen LogP contribution in [-0.2, 0) is 4.79 Å². The van der Waals surface area contributed by atoms with Crippen LogP contribution in [0.25, 0.3) is 22.8 Å². The summed E-state index contributed by atoms with van der Waals surface area (Å²) in [6.45, 7) is 6.22. The van der Waals surface area contributed by atoms with E-state index in [0.29, 0.717) is 41.1 Å². The van der Waals surface area contributed by atoms with E-state index in [9.17, 15) is 4.79 Å². The summed E-state index contributed by atoms with van der Waals surface area (Å²) in [7, 11) is 0. The van der Waals surface area contributed by atoms with Crippen LogP contribution < -0.4 is 10.1 Å². The normalized spacial score (nSPS) is 12.0. The minimum absolute atomic E-state index is 0.0309. The maximum Gasteiger partial charge on any atom is 0.306 e. The van der Waals surface area contributed by atoms with Crippen molar-refractivity contribution in [1.29, 1.82) is 0 Å². The number of anilines is 1. The number of nitrogens with one attached hydrogen (secondary N) is 1. The first-order valence-electron chi connectivity index (χ1n) is 10.1. The van der Waals surface area contributed by atoms with E-state index in [1.165, 1.54) is 0 Å². The third-order valence-corrected chi connectivity index (χ3v) is 4.81. The van der Waals surface area contributed by atoms with Gasteiger partial charge in [0.05, 0.1) is 17.6 Å². The molecule has 2 aromatic heterocycles. The van der Waals surface area contributed by atoms with Gasteiger partial charge in [0.15, 0.2) is 0 Å². The fourth-order valence-corrected chi connectivity index (χ4v) is 3.02. The number of ether oxygens (including phenoxy) is 1. The molecule has 3 rings (SSSR count). The molecule has 0 fully saturated rings. The summed E-state index contributed by atoms with van der Waals surface area (Å²) < 4.78 is 10.9. The quantitative estimate of drug-likeness (QED) is 0.413. The molecule has 1 unspecified atom stereocenters. The van der Waals surface area contributed by atoms with Crippen molar-refractivity contribution in [3.63, 3.8) is 0 Å². The predicted molar refractivity (Wildman–Crippen MR) is 118 cm³/mol. The Bertz CT molecular complexity index is 1020. The third kappa shape index (κ3) is 6.18. The van der Waals surface area contributed by atoms with Gasteiger partial charge in [0, 0.05) is 24.0 Å². The van der Waals surface area contributed by atoms with E-state index in [0.717, 1.165) is 17.7 Å². The predicted octanol–water partition coefficient (Wildman–Crippen LogP) is 5.15. The summed E-state index contributed by atoms with van der Waals surface area (Å²) in [6, 6.07) is 9.30. The van der Waals surface area contributed by atoms with Crippen molar-refractivity contribution in [2.24, 2.45) is 5.92 Å². The molecule has 2 N–H and O–H groups in total. The number of nitrogens with zero attached hydrogens (tertiary/aromatic N) is 3. The lowest BCUT2D eigenvalue weighted by Gasteiger charge is -2.09. The third-order valence-electron chi connectivity index (χ3n) is 4.54. The van der Waals surface area contributed by atoms with Crippen LogP contribution in [0.3, 0.4) is 0 Å². The molecule has 2 heterocycles. The van der Waals surface area contributed by atoms with E-state index in [1.807, 2.05) is 38.1 Å². The van der Waals surface area contributed by atoms with Crippen LogP contribution >= 0.6 is 11.6 Å². The van der Waals surface area contributed by atoms with Crippen molar-refractivity contribution >= 4 is 23.3 Å². The number of hydrogen-bond donors (Lipinski definition) is 2. The zero-order valence-corrected chi connectivity index (χ0v) is 18.4. The van der Waals surface area contributed by atoms with Gasteiger partial charge in [0.1, 0.15) is 5.02 Å². The summed E-state index contributed by atoms with van der Waals surface area (Å²) in [4.78, 5) is 19.5. The number of carboxylic acid groups (broad SMARTS) is 1. The molecule has 31 heavy (non-hydrogen) atoms. The van der Waals surface area contributed by atoms with Crippen LogP contribution in [0.5, 0.6) is 5.88 Å². The zero-order valence-electron chi connectivity index (χ0n) is 17.6. The molecule has 1 aromatic carbocycles. The lowest BCUT2D eigenvalue weighted by atomic mass is 10.1. The molecular formula is C22H25ClN4O4. The second-order valence-electron chi connectivity index (χ2n) is 7.49. The molecule has 164 valence electrons. The smallest absolute Gasteiger partial charge is 0.306 e. The standard InChI is InChI=1S/C22H25ClN4O4/c1-13(2)30-21-18(23)11-16(12-25-21)20-26-19(27-31-20)15-6-8-17(9-7-15)24-10-4-5-14(3)22(28)29/h6-9,11-14,24H,4-5,10H2,1-3H3,(H,28,29). The van der Waals surface area contributed by atoms with E-state index in [-0.39, 0.29) is 12.0 Å². The van der Waals surface area contributed by atoms with Crippen molar-refractivity contribution in [3.8, 4) is 28.7 Å². The number of benzene rings is 1. The number of aromatic nitrogens is 3. The summed E-state index contributed by atoms with van der Waals surface area (Å²) in [5.74, 6) is 0.0359. The number of hydrogen-bond acceptors (Lipinski definition) is 7. The summed E-state index contributed by atoms with van der Waals surface area (Å²) in [5.41, 5.74) is 2.35. The molecule has 0 aliphatic heterocycles. The molecule has 8 nitrogen and oxygen atoms in total. The van der Waals surface area contributed by atoms with Crippen molar-refractivity contribution in [2.75, 3.05) is 11.9 Å². The number of aliphatic carboxylic acids is 1. The number of pyridine rings is 1. The topological polar surface area (TPSA) is 110 Å². The summed E-state index contributed by atoms with van der Waals surface area (Å²) in [6.07, 6.45) is 2.96. The summed E-state index contributed by atoms with van der Waals surface area (Å²) >= 11 is 6.24. The molecule has 1 atom stereocenters. The number of halogens is 1. The molecule has 0 spiro atoms. The average molecular weight is 445 g/mol. The highest BCUT2D eigenvalue weighted by Gasteiger charge is 2.14. The van der Waals surface area contributed by atoms with E-state index in [4.69, 9.17) is 26.0 Å². The highest BCUT2D eigenvalue weighted by Crippen LogP contribution is 2.29. The van der Waals surface area contributed by atoms with Crippen molar-refractivity contribution < 1.29 is 19.2 Å². The van der Waals surface area contributed by atoms with E-state index >= 15 is 0 Å². The van der Waals surface area contributed by atoms with Crippen LogP contribution in [0.2, 0.25) is 5.02 Å². The first kappa shape index (κ1) is 22.6. The Morgan fingerprint density at radius 1 is 1.23 bits per heavy atom. The minimum Gasteiger partial charge on any atom is -0.481 e. The molecule has 0 saturated heterocycles. The van der Waals surface area contributed by atoms with Crippen LogP contribution in [-0.4, -0.2) is 38.8 Å². The van der Waals surface area contributed by atoms with Crippen LogP contribution in [0.1, 0.15) is 33.6 Å². The van der Waals surface area contributed by atoms with Crippen LogP contribution in [0.15, 0.2) is 41.1 Å². The second-order valence-corrected chi connectivity index (χ2v) is 7.89. The highest BCUT2D eigenvalue weighted by molar-refractivity contribution is 6.32. The monoisotopic (exact) mass is 444 g/mol. The Morgan fingerprint density at radius 2 is 1.97 bits per heavy atom. The fourth-order valence-electron chi connectivity index (χ4n) is 2.81. The lowest BCUT2D eigenvalue weighted by molar-refractivity contribution is -0.141. The van der Waals surface area contributed by atoms with Crippen molar-refractivity contribution in [1.82, 2.24) is 15.1 Å². The van der Waals surface area contributed by atoms with Gasteiger partial charge in [-0.25, -0.2) is 4.98 Å². The zero-order chi connectivity index (χ0) is 22.4. The van der Waals surface area contributed by atoms with Gasteiger partial charge in [-0.1, -0.05) is 23.7 Å².